The fraction of sp³-hybridized carbons (Fsp3) is 0.526. The highest BCUT2D eigenvalue weighted by atomic mass is 32.5. The van der Waals surface area contributed by atoms with E-state index in [4.69, 9.17) is 62.6 Å². The molecule has 7 N–H and O–H groups in total. The molecule has 0 aromatic carbocycles. The molecule has 0 saturated carbocycles. The average molecular weight is 730 g/mol. The second kappa shape index (κ2) is 10.9. The van der Waals surface area contributed by atoms with Crippen molar-refractivity contribution in [2.45, 2.75) is 42.4 Å². The van der Waals surface area contributed by atoms with Gasteiger partial charge in [0.05, 0.1) is 26.1 Å². The van der Waals surface area contributed by atoms with Gasteiger partial charge in [-0.25, -0.2) is 19.3 Å². The Kier molecular flexibility index (Phi) is 7.51. The lowest BCUT2D eigenvalue weighted by atomic mass is 10.1. The van der Waals surface area contributed by atoms with Gasteiger partial charge in [-0.05, 0) is 23.6 Å². The number of halogens is 3. The number of hydrogen-bond donors (Lipinski definition) is 5. The van der Waals surface area contributed by atoms with Crippen molar-refractivity contribution in [3.05, 3.63) is 23.0 Å². The Morgan fingerprint density at radius 2 is 1.80 bits per heavy atom. The van der Waals surface area contributed by atoms with Gasteiger partial charge in [-0.1, -0.05) is 5.21 Å². The summed E-state index contributed by atoms with van der Waals surface area (Å²) in [5, 5.41) is 7.39. The minimum atomic E-state index is -4.65. The number of aromatic amines is 1. The van der Waals surface area contributed by atoms with E-state index < -0.39 is 81.2 Å². The van der Waals surface area contributed by atoms with Crippen molar-refractivity contribution in [2.24, 2.45) is 0 Å². The molecule has 3 fully saturated rings. The Morgan fingerprint density at radius 1 is 1.07 bits per heavy atom. The lowest BCUT2D eigenvalue weighted by Crippen LogP contribution is -2.46. The van der Waals surface area contributed by atoms with E-state index in [1.807, 2.05) is 0 Å². The number of imidazole rings is 1. The number of alkyl halides is 3. The van der Waals surface area contributed by atoms with Crippen LogP contribution in [0.2, 0.25) is 0 Å². The number of aromatic nitrogens is 9. The van der Waals surface area contributed by atoms with Crippen molar-refractivity contribution >= 4 is 71.1 Å². The molecule has 3 saturated heterocycles. The van der Waals surface area contributed by atoms with E-state index in [-0.39, 0.29) is 34.1 Å². The molecule has 27 heteroatoms. The third-order valence-electron chi connectivity index (χ3n) is 7.28. The van der Waals surface area contributed by atoms with Crippen LogP contribution in [0.4, 0.5) is 24.9 Å². The lowest BCUT2D eigenvalue weighted by Gasteiger charge is -2.34. The molecule has 8 atom stereocenters. The number of H-pyrrole nitrogens is 1. The first-order valence-corrected chi connectivity index (χ1v) is 18.0. The van der Waals surface area contributed by atoms with Gasteiger partial charge >= 0.3 is 19.4 Å². The van der Waals surface area contributed by atoms with E-state index in [1.165, 1.54) is 0 Å². The van der Waals surface area contributed by atoms with Gasteiger partial charge in [0.15, 0.2) is 40.4 Å². The van der Waals surface area contributed by atoms with Gasteiger partial charge in [-0.15, -0.1) is 5.10 Å². The number of fused-ring (bicyclic) bond motifs is 5. The first-order valence-electron chi connectivity index (χ1n) is 12.8. The highest BCUT2D eigenvalue weighted by Crippen LogP contribution is 2.58. The number of nitrogens with zero attached hydrogens (tertiary/aromatic N) is 8. The Labute approximate surface area is 262 Å². The largest absolute Gasteiger partial charge is 0.382 e. The summed E-state index contributed by atoms with van der Waals surface area (Å²) in [6.45, 7) is -11.8. The summed E-state index contributed by atoms with van der Waals surface area (Å²) in [5.41, 5.74) is 7.33. The highest BCUT2D eigenvalue weighted by Gasteiger charge is 2.64. The van der Waals surface area contributed by atoms with Crippen LogP contribution in [-0.4, -0.2) is 104 Å². The van der Waals surface area contributed by atoms with Gasteiger partial charge in [0.1, 0.15) is 18.5 Å². The van der Waals surface area contributed by atoms with Crippen LogP contribution < -0.4 is 17.0 Å². The van der Waals surface area contributed by atoms with Crippen molar-refractivity contribution < 1.29 is 50.5 Å². The van der Waals surface area contributed by atoms with Crippen LogP contribution in [0.3, 0.4) is 0 Å². The van der Waals surface area contributed by atoms with Gasteiger partial charge in [0.25, 0.3) is 5.56 Å². The van der Waals surface area contributed by atoms with Gasteiger partial charge in [0, 0.05) is 0 Å². The molecule has 2 unspecified atom stereocenters. The monoisotopic (exact) mass is 729 g/mol. The third kappa shape index (κ3) is 5.11. The summed E-state index contributed by atoms with van der Waals surface area (Å²) >= 11 is 10.1. The van der Waals surface area contributed by atoms with E-state index in [9.17, 15) is 14.6 Å². The summed E-state index contributed by atoms with van der Waals surface area (Å²) < 4.78 is 82.6. The Bertz CT molecular complexity index is 2020. The van der Waals surface area contributed by atoms with Crippen molar-refractivity contribution in [2.75, 3.05) is 31.3 Å². The number of ether oxygens (including phenoxy) is 2. The third-order valence-corrected chi connectivity index (χ3v) is 10.4. The van der Waals surface area contributed by atoms with E-state index >= 15 is 13.2 Å². The summed E-state index contributed by atoms with van der Waals surface area (Å²) in [5.74, 6) is -4.57. The molecule has 0 spiro atoms. The van der Waals surface area contributed by atoms with Crippen molar-refractivity contribution in [3.63, 3.8) is 0 Å². The Balaban J connectivity index is 1.28. The SMILES string of the molecule is Nc1nc2c(ncn2[C@@]23CO[C@H](COP(O)(=S)O[C@@H]4[C@@H](COP(O)(=S)O2)O[C@@H](n2nnc5c(N)ncnc52)C4(F)F)[C@H]3F)c(=O)[nH]1. The van der Waals surface area contributed by atoms with E-state index in [2.05, 4.69) is 35.2 Å². The van der Waals surface area contributed by atoms with Gasteiger partial charge in [0.2, 0.25) is 17.9 Å². The molecular formula is C19H20F3N11O9P2S2. The van der Waals surface area contributed by atoms with Crippen LogP contribution >= 0.6 is 13.4 Å². The molecule has 248 valence electrons. The zero-order valence-corrected chi connectivity index (χ0v) is 25.9. The van der Waals surface area contributed by atoms with E-state index in [0.717, 1.165) is 17.2 Å². The zero-order valence-electron chi connectivity index (χ0n) is 22.5. The molecule has 7 rings (SSSR count). The normalized spacial score (nSPS) is 36.7. The molecule has 4 aromatic rings. The smallest absolute Gasteiger partial charge is 0.326 e. The van der Waals surface area contributed by atoms with Gasteiger partial charge in [-0.2, -0.15) is 18.4 Å². The summed E-state index contributed by atoms with van der Waals surface area (Å²) in [7, 11) is 0. The minimum absolute atomic E-state index is 0.108. The molecular weight excluding hydrogens is 709 g/mol. The van der Waals surface area contributed by atoms with Crippen LogP contribution in [0.15, 0.2) is 17.4 Å². The predicted molar refractivity (Wildman–Crippen MR) is 152 cm³/mol. The van der Waals surface area contributed by atoms with Crippen molar-refractivity contribution in [3.8, 4) is 0 Å². The molecule has 20 nitrogen and oxygen atoms in total. The van der Waals surface area contributed by atoms with Crippen LogP contribution in [0.1, 0.15) is 6.23 Å². The molecule has 3 aliphatic rings. The predicted octanol–water partition coefficient (Wildman–Crippen LogP) is -0.677. The second-order valence-electron chi connectivity index (χ2n) is 10.1. The number of rotatable bonds is 2. The Morgan fingerprint density at radius 3 is 2.59 bits per heavy atom. The van der Waals surface area contributed by atoms with E-state index in [0.29, 0.717) is 4.68 Å². The number of nitrogens with two attached hydrogens (primary N) is 2. The zero-order chi connectivity index (χ0) is 32.8. The van der Waals surface area contributed by atoms with E-state index in [1.54, 1.807) is 0 Å². The maximum atomic E-state index is 16.3. The molecule has 0 radical (unpaired) electrons. The lowest BCUT2D eigenvalue weighted by molar-refractivity contribution is -0.140. The first kappa shape index (κ1) is 31.8. The van der Waals surface area contributed by atoms with Crippen LogP contribution in [0, 0.1) is 0 Å². The molecule has 0 aliphatic carbocycles. The summed E-state index contributed by atoms with van der Waals surface area (Å²) in [6, 6.07) is 0. The fourth-order valence-corrected chi connectivity index (χ4v) is 8.24. The van der Waals surface area contributed by atoms with Gasteiger partial charge < -0.3 is 39.8 Å². The maximum absolute atomic E-state index is 16.3. The number of nitrogens with one attached hydrogen (secondary N) is 1. The quantitative estimate of drug-likeness (QED) is 0.160. The van der Waals surface area contributed by atoms with Crippen LogP contribution in [0.25, 0.3) is 22.3 Å². The summed E-state index contributed by atoms with van der Waals surface area (Å²) in [4.78, 5) is 52.2. The fourth-order valence-electron chi connectivity index (χ4n) is 5.22. The molecule has 2 bridgehead atoms. The minimum Gasteiger partial charge on any atom is -0.382 e. The number of anilines is 2. The highest BCUT2D eigenvalue weighted by molar-refractivity contribution is 8.07. The first-order chi connectivity index (χ1) is 21.6. The second-order valence-corrected chi connectivity index (χ2v) is 15.7. The van der Waals surface area contributed by atoms with Gasteiger partial charge in [-0.3, -0.25) is 23.4 Å². The van der Waals surface area contributed by atoms with Crippen molar-refractivity contribution in [1.82, 2.24) is 44.5 Å². The standard InChI is InChI=1S/C19H20F3N11O9P2S2/c20-10-6-1-38-43(35,45)41-11-7(40-16(19(11,21)22)33-13-8(30-31-33)12(23)25-4-26-13)2-39-44(36,46)42-18(10,3-37-6)32-5-27-9-14(32)28-17(24)29-15(9)34/h4-7,10-11,16H,1-3H2,(H,35,45)(H,36,46)(H2,23,25,26)(H3,24,28,29,34)/t6-,7-,10-,11-,16-,18+,43?,44?/m1/s1. The Hall–Kier alpha value is -2.80. The average Bonchev–Trinajstić information content (AvgIpc) is 3.72. The molecule has 3 aliphatic heterocycles. The van der Waals surface area contributed by atoms with Crippen LogP contribution in [-0.2, 0) is 56.9 Å². The molecule has 46 heavy (non-hydrogen) atoms. The molecule has 4 aromatic heterocycles. The number of hydrogen-bond acceptors (Lipinski definition) is 17. The maximum Gasteiger partial charge on any atom is 0.326 e. The topological polar surface area (TPSA) is 268 Å². The van der Waals surface area contributed by atoms with Crippen LogP contribution in [0.5, 0.6) is 0 Å². The number of nitrogen functional groups attached to an aromatic ring is 2. The molecule has 7 heterocycles. The summed E-state index contributed by atoms with van der Waals surface area (Å²) in [6.07, 6.45) is -8.51. The molecule has 0 amide bonds. The van der Waals surface area contributed by atoms with Crippen molar-refractivity contribution in [1.29, 1.82) is 0 Å².